The number of rotatable bonds is 4. The van der Waals surface area contributed by atoms with Gasteiger partial charge in [-0.15, -0.1) is 0 Å². The van der Waals surface area contributed by atoms with Gasteiger partial charge in [-0.1, -0.05) is 32.9 Å². The highest BCUT2D eigenvalue weighted by molar-refractivity contribution is 5.89. The van der Waals surface area contributed by atoms with Gasteiger partial charge in [0, 0.05) is 31.2 Å². The monoisotopic (exact) mass is 317 g/mol. The molecule has 0 bridgehead atoms. The van der Waals surface area contributed by atoms with Crippen molar-refractivity contribution in [3.8, 4) is 0 Å². The average Bonchev–Trinajstić information content (AvgIpc) is 2.55. The van der Waals surface area contributed by atoms with E-state index < -0.39 is 0 Å². The number of nitrogens with zero attached hydrogens (tertiary/aromatic N) is 1. The van der Waals surface area contributed by atoms with Gasteiger partial charge in [0.25, 0.3) is 0 Å². The summed E-state index contributed by atoms with van der Waals surface area (Å²) in [7, 11) is 0. The standard InChI is InChI=1S/C18H27N3O2/c1-4-17(22)21-11-9-16(10-12-21)20-18(23)19-15-7-5-14(6-8-15)13(2)3/h5-8,13,16H,4,9-12H2,1-3H3,(H2,19,20,23). The number of nitrogens with one attached hydrogen (secondary N) is 2. The number of likely N-dealkylation sites (tertiary alicyclic amines) is 1. The number of anilines is 1. The molecule has 0 spiro atoms. The zero-order valence-corrected chi connectivity index (χ0v) is 14.3. The summed E-state index contributed by atoms with van der Waals surface area (Å²) in [5.74, 6) is 0.673. The van der Waals surface area contributed by atoms with E-state index in [2.05, 4.69) is 24.5 Å². The predicted octanol–water partition coefficient (Wildman–Crippen LogP) is 3.33. The lowest BCUT2D eigenvalue weighted by Gasteiger charge is -2.32. The fourth-order valence-corrected chi connectivity index (χ4v) is 2.80. The number of carbonyl (C=O) groups is 2. The second-order valence-corrected chi connectivity index (χ2v) is 6.38. The van der Waals surface area contributed by atoms with Gasteiger partial charge < -0.3 is 15.5 Å². The molecule has 2 N–H and O–H groups in total. The molecule has 5 nitrogen and oxygen atoms in total. The molecule has 0 aromatic heterocycles. The molecule has 0 saturated carbocycles. The smallest absolute Gasteiger partial charge is 0.319 e. The van der Waals surface area contributed by atoms with E-state index >= 15 is 0 Å². The highest BCUT2D eigenvalue weighted by Gasteiger charge is 2.22. The van der Waals surface area contributed by atoms with Gasteiger partial charge in [0.2, 0.25) is 5.91 Å². The molecule has 1 aromatic carbocycles. The quantitative estimate of drug-likeness (QED) is 0.895. The van der Waals surface area contributed by atoms with Crippen molar-refractivity contribution >= 4 is 17.6 Å². The van der Waals surface area contributed by atoms with Gasteiger partial charge in [0.15, 0.2) is 0 Å². The van der Waals surface area contributed by atoms with Crippen LogP contribution in [0.15, 0.2) is 24.3 Å². The van der Waals surface area contributed by atoms with Crippen LogP contribution < -0.4 is 10.6 Å². The number of hydrogen-bond acceptors (Lipinski definition) is 2. The molecular weight excluding hydrogens is 290 g/mol. The Bertz CT molecular complexity index is 532. The fraction of sp³-hybridized carbons (Fsp3) is 0.556. The predicted molar refractivity (Wildman–Crippen MR) is 92.6 cm³/mol. The maximum absolute atomic E-state index is 12.1. The van der Waals surface area contributed by atoms with Crippen molar-refractivity contribution in [3.05, 3.63) is 29.8 Å². The molecule has 1 aromatic rings. The van der Waals surface area contributed by atoms with Crippen LogP contribution in [0, 0.1) is 0 Å². The first-order valence-corrected chi connectivity index (χ1v) is 8.44. The molecule has 23 heavy (non-hydrogen) atoms. The van der Waals surface area contributed by atoms with Gasteiger partial charge in [0.05, 0.1) is 0 Å². The van der Waals surface area contributed by atoms with Crippen molar-refractivity contribution in [1.82, 2.24) is 10.2 Å². The van der Waals surface area contributed by atoms with Gasteiger partial charge in [-0.2, -0.15) is 0 Å². The van der Waals surface area contributed by atoms with E-state index in [1.54, 1.807) is 0 Å². The molecule has 126 valence electrons. The maximum atomic E-state index is 12.1. The van der Waals surface area contributed by atoms with Crippen LogP contribution in [0.1, 0.15) is 51.5 Å². The Morgan fingerprint density at radius 2 is 1.78 bits per heavy atom. The van der Waals surface area contributed by atoms with E-state index in [1.165, 1.54) is 5.56 Å². The summed E-state index contributed by atoms with van der Waals surface area (Å²) in [6.07, 6.45) is 2.17. The number of benzene rings is 1. The molecule has 1 fully saturated rings. The Hall–Kier alpha value is -2.04. The van der Waals surface area contributed by atoms with E-state index in [1.807, 2.05) is 36.1 Å². The van der Waals surface area contributed by atoms with Crippen LogP contribution in [0.3, 0.4) is 0 Å². The molecule has 3 amide bonds. The second kappa shape index (κ2) is 7.99. The highest BCUT2D eigenvalue weighted by atomic mass is 16.2. The minimum atomic E-state index is -0.178. The Balaban J connectivity index is 1.78. The Labute approximate surface area is 138 Å². The molecule has 0 unspecified atom stereocenters. The van der Waals surface area contributed by atoms with Crippen molar-refractivity contribution in [3.63, 3.8) is 0 Å². The van der Waals surface area contributed by atoms with E-state index in [4.69, 9.17) is 0 Å². The van der Waals surface area contributed by atoms with Gasteiger partial charge in [-0.05, 0) is 36.5 Å². The average molecular weight is 317 g/mol. The minimum absolute atomic E-state index is 0.130. The first-order chi connectivity index (χ1) is 11.0. The molecule has 1 heterocycles. The van der Waals surface area contributed by atoms with Gasteiger partial charge in [-0.3, -0.25) is 4.79 Å². The summed E-state index contributed by atoms with van der Waals surface area (Å²) in [6.45, 7) is 7.61. The SMILES string of the molecule is CCC(=O)N1CCC(NC(=O)Nc2ccc(C(C)C)cc2)CC1. The summed E-state index contributed by atoms with van der Waals surface area (Å²) in [4.78, 5) is 25.6. The van der Waals surface area contributed by atoms with Crippen molar-refractivity contribution in [2.24, 2.45) is 0 Å². The molecule has 1 aliphatic heterocycles. The van der Waals surface area contributed by atoms with Crippen LogP contribution >= 0.6 is 0 Å². The minimum Gasteiger partial charge on any atom is -0.343 e. The van der Waals surface area contributed by atoms with E-state index in [9.17, 15) is 9.59 Å². The first-order valence-electron chi connectivity index (χ1n) is 8.44. The zero-order chi connectivity index (χ0) is 16.8. The third kappa shape index (κ3) is 4.98. The van der Waals surface area contributed by atoms with E-state index in [-0.39, 0.29) is 18.0 Å². The van der Waals surface area contributed by atoms with E-state index in [0.29, 0.717) is 12.3 Å². The molecule has 2 rings (SSSR count). The summed E-state index contributed by atoms with van der Waals surface area (Å²) >= 11 is 0. The zero-order valence-electron chi connectivity index (χ0n) is 14.3. The second-order valence-electron chi connectivity index (χ2n) is 6.38. The molecule has 0 radical (unpaired) electrons. The van der Waals surface area contributed by atoms with Crippen molar-refractivity contribution in [1.29, 1.82) is 0 Å². The lowest BCUT2D eigenvalue weighted by atomic mass is 10.0. The fourth-order valence-electron chi connectivity index (χ4n) is 2.80. The van der Waals surface area contributed by atoms with Gasteiger partial charge >= 0.3 is 6.03 Å². The summed E-state index contributed by atoms with van der Waals surface area (Å²) in [5.41, 5.74) is 2.05. The molecule has 1 saturated heterocycles. The largest absolute Gasteiger partial charge is 0.343 e. The molecule has 1 aliphatic rings. The van der Waals surface area contributed by atoms with Crippen LogP contribution in [0.5, 0.6) is 0 Å². The normalized spacial score (nSPS) is 15.6. The summed E-state index contributed by atoms with van der Waals surface area (Å²) < 4.78 is 0. The third-order valence-electron chi connectivity index (χ3n) is 4.32. The van der Waals surface area contributed by atoms with Crippen molar-refractivity contribution in [2.75, 3.05) is 18.4 Å². The van der Waals surface area contributed by atoms with E-state index in [0.717, 1.165) is 31.6 Å². The van der Waals surface area contributed by atoms with Crippen molar-refractivity contribution < 1.29 is 9.59 Å². The first kappa shape index (κ1) is 17.3. The lowest BCUT2D eigenvalue weighted by Crippen LogP contribution is -2.47. The van der Waals surface area contributed by atoms with Crippen molar-refractivity contribution in [2.45, 2.75) is 52.0 Å². The number of amides is 3. The Morgan fingerprint density at radius 3 is 2.30 bits per heavy atom. The van der Waals surface area contributed by atoms with Gasteiger partial charge in [0.1, 0.15) is 0 Å². The van der Waals surface area contributed by atoms with Crippen LogP contribution in [0.2, 0.25) is 0 Å². The lowest BCUT2D eigenvalue weighted by molar-refractivity contribution is -0.131. The van der Waals surface area contributed by atoms with Crippen LogP contribution in [0.25, 0.3) is 0 Å². The van der Waals surface area contributed by atoms with Crippen LogP contribution in [0.4, 0.5) is 10.5 Å². The molecule has 0 aliphatic carbocycles. The highest BCUT2D eigenvalue weighted by Crippen LogP contribution is 2.17. The van der Waals surface area contributed by atoms with Gasteiger partial charge in [-0.25, -0.2) is 4.79 Å². The van der Waals surface area contributed by atoms with Crippen LogP contribution in [-0.2, 0) is 4.79 Å². The number of hydrogen-bond donors (Lipinski definition) is 2. The molecule has 5 heteroatoms. The molecular formula is C18H27N3O2. The van der Waals surface area contributed by atoms with Crippen LogP contribution in [-0.4, -0.2) is 36.0 Å². The number of carbonyl (C=O) groups excluding carboxylic acids is 2. The number of urea groups is 1. The summed E-state index contributed by atoms with van der Waals surface area (Å²) in [5, 5.41) is 5.86. The Morgan fingerprint density at radius 1 is 1.17 bits per heavy atom. The third-order valence-corrected chi connectivity index (χ3v) is 4.32. The Kier molecular flexibility index (Phi) is 6.02. The number of piperidine rings is 1. The summed E-state index contributed by atoms with van der Waals surface area (Å²) in [6, 6.07) is 7.88. The maximum Gasteiger partial charge on any atom is 0.319 e. The molecule has 0 atom stereocenters. The topological polar surface area (TPSA) is 61.4 Å².